The number of rotatable bonds is 5. The fourth-order valence-corrected chi connectivity index (χ4v) is 5.79. The molecule has 1 N–H and O–H groups in total. The third-order valence-electron chi connectivity index (χ3n) is 6.28. The average molecular weight is 466 g/mol. The van der Waals surface area contributed by atoms with Crippen LogP contribution in [0.3, 0.4) is 0 Å². The van der Waals surface area contributed by atoms with E-state index in [0.29, 0.717) is 17.7 Å². The van der Waals surface area contributed by atoms with Gasteiger partial charge in [0.1, 0.15) is 21.9 Å². The van der Waals surface area contributed by atoms with E-state index in [1.807, 2.05) is 25.5 Å². The van der Waals surface area contributed by atoms with Gasteiger partial charge < -0.3 is 14.8 Å². The van der Waals surface area contributed by atoms with E-state index in [-0.39, 0.29) is 11.7 Å². The summed E-state index contributed by atoms with van der Waals surface area (Å²) in [5.74, 6) is 1.02. The van der Waals surface area contributed by atoms with Gasteiger partial charge in [-0.2, -0.15) is 0 Å². The second-order valence-corrected chi connectivity index (χ2v) is 10.0. The van der Waals surface area contributed by atoms with Crippen molar-refractivity contribution in [2.75, 3.05) is 25.5 Å². The number of likely N-dealkylation sites (tertiary alicyclic amines) is 1. The lowest BCUT2D eigenvalue weighted by molar-refractivity contribution is 0.250. The van der Waals surface area contributed by atoms with Crippen LogP contribution in [0.25, 0.3) is 20.9 Å². The standard InChI is InChI=1S/C24H28FN7S/c1-14(2)32-13-28-20-15(3)22(33-23(20)32)21-18(25)11-27-24(30-21)29-19-8-7-16(10-26-19)17-6-5-9-31(4)12-17/h7-8,10-11,13-14,17H,5-6,9,12H2,1-4H3,(H,26,27,29,30). The molecule has 0 amide bonds. The molecule has 0 saturated carbocycles. The Morgan fingerprint density at radius 1 is 1.18 bits per heavy atom. The van der Waals surface area contributed by atoms with Gasteiger partial charge in [0.15, 0.2) is 5.82 Å². The molecule has 4 aromatic heterocycles. The van der Waals surface area contributed by atoms with Crippen LogP contribution in [0.1, 0.15) is 49.8 Å². The molecule has 9 heteroatoms. The summed E-state index contributed by atoms with van der Waals surface area (Å²) in [6.45, 7) is 8.38. The molecule has 1 aliphatic rings. The zero-order valence-electron chi connectivity index (χ0n) is 19.3. The van der Waals surface area contributed by atoms with Gasteiger partial charge in [-0.15, -0.1) is 11.3 Å². The van der Waals surface area contributed by atoms with Crippen LogP contribution in [0.15, 0.2) is 30.9 Å². The minimum Gasteiger partial charge on any atom is -0.320 e. The summed E-state index contributed by atoms with van der Waals surface area (Å²) in [5, 5.41) is 3.13. The highest BCUT2D eigenvalue weighted by molar-refractivity contribution is 7.22. The van der Waals surface area contributed by atoms with Crippen LogP contribution < -0.4 is 5.32 Å². The first-order valence-electron chi connectivity index (χ1n) is 11.3. The quantitative estimate of drug-likeness (QED) is 0.418. The molecular formula is C24H28FN7S. The van der Waals surface area contributed by atoms with Gasteiger partial charge in [0, 0.05) is 18.8 Å². The number of hydrogen-bond donors (Lipinski definition) is 1. The summed E-state index contributed by atoms with van der Waals surface area (Å²) < 4.78 is 16.9. The van der Waals surface area contributed by atoms with E-state index in [2.05, 4.69) is 61.7 Å². The number of nitrogens with zero attached hydrogens (tertiary/aromatic N) is 6. The van der Waals surface area contributed by atoms with Crippen LogP contribution in [0.4, 0.5) is 16.2 Å². The lowest BCUT2D eigenvalue weighted by atomic mass is 9.92. The summed E-state index contributed by atoms with van der Waals surface area (Å²) in [7, 11) is 2.16. The molecule has 0 aromatic carbocycles. The molecule has 1 atom stereocenters. The van der Waals surface area contributed by atoms with Gasteiger partial charge >= 0.3 is 0 Å². The molecule has 0 spiro atoms. The van der Waals surface area contributed by atoms with Crippen molar-refractivity contribution >= 4 is 33.5 Å². The molecule has 0 aliphatic carbocycles. The van der Waals surface area contributed by atoms with Crippen molar-refractivity contribution in [2.45, 2.75) is 45.6 Å². The van der Waals surface area contributed by atoms with Gasteiger partial charge in [0.25, 0.3) is 0 Å². The fourth-order valence-electron chi connectivity index (χ4n) is 4.44. The Morgan fingerprint density at radius 3 is 2.76 bits per heavy atom. The highest BCUT2D eigenvalue weighted by Crippen LogP contribution is 2.39. The molecule has 5 rings (SSSR count). The lowest BCUT2D eigenvalue weighted by Crippen LogP contribution is -2.30. The van der Waals surface area contributed by atoms with Crippen LogP contribution in [-0.2, 0) is 0 Å². The maximum absolute atomic E-state index is 14.8. The molecular weight excluding hydrogens is 437 g/mol. The summed E-state index contributed by atoms with van der Waals surface area (Å²) in [5.41, 5.74) is 3.34. The van der Waals surface area contributed by atoms with Crippen molar-refractivity contribution in [3.8, 4) is 10.6 Å². The summed E-state index contributed by atoms with van der Waals surface area (Å²) in [6, 6.07) is 4.32. The lowest BCUT2D eigenvalue weighted by Gasteiger charge is -2.29. The van der Waals surface area contributed by atoms with Gasteiger partial charge in [0.05, 0.1) is 17.4 Å². The van der Waals surface area contributed by atoms with Crippen LogP contribution in [0, 0.1) is 12.7 Å². The van der Waals surface area contributed by atoms with Crippen molar-refractivity contribution in [1.29, 1.82) is 0 Å². The maximum Gasteiger partial charge on any atom is 0.229 e. The second kappa shape index (κ2) is 8.79. The average Bonchev–Trinajstić information content (AvgIpc) is 3.36. The maximum atomic E-state index is 14.8. The predicted octanol–water partition coefficient (Wildman–Crippen LogP) is 5.53. The number of likely N-dealkylation sites (N-methyl/N-ethyl adjacent to an activating group) is 1. The van der Waals surface area contributed by atoms with Crippen molar-refractivity contribution in [1.82, 2.24) is 29.4 Å². The van der Waals surface area contributed by atoms with Gasteiger partial charge in [0.2, 0.25) is 5.95 Å². The minimum atomic E-state index is -0.451. The Bertz CT molecular complexity index is 1280. The molecule has 33 heavy (non-hydrogen) atoms. The molecule has 172 valence electrons. The van der Waals surface area contributed by atoms with Crippen LogP contribution >= 0.6 is 11.3 Å². The first-order valence-corrected chi connectivity index (χ1v) is 12.1. The highest BCUT2D eigenvalue weighted by atomic mass is 32.1. The Labute approximate surface area is 196 Å². The molecule has 1 fully saturated rings. The summed E-state index contributed by atoms with van der Waals surface area (Å²) in [4.78, 5) is 21.9. The Hall–Kier alpha value is -2.91. The smallest absolute Gasteiger partial charge is 0.229 e. The molecule has 5 heterocycles. The highest BCUT2D eigenvalue weighted by Gasteiger charge is 2.21. The first-order chi connectivity index (χ1) is 15.9. The van der Waals surface area contributed by atoms with Crippen molar-refractivity contribution in [3.63, 3.8) is 0 Å². The van der Waals surface area contributed by atoms with Gasteiger partial charge in [-0.3, -0.25) is 0 Å². The summed E-state index contributed by atoms with van der Waals surface area (Å²) >= 11 is 1.51. The van der Waals surface area contributed by atoms with E-state index in [1.54, 1.807) is 0 Å². The number of aromatic nitrogens is 5. The van der Waals surface area contributed by atoms with Gasteiger partial charge in [-0.05, 0) is 70.3 Å². The second-order valence-electron chi connectivity index (χ2n) is 9.05. The van der Waals surface area contributed by atoms with E-state index >= 15 is 0 Å². The molecule has 7 nitrogen and oxygen atoms in total. The monoisotopic (exact) mass is 465 g/mol. The first kappa shape index (κ1) is 21.9. The third-order valence-corrected chi connectivity index (χ3v) is 7.58. The number of aryl methyl sites for hydroxylation is 1. The topological polar surface area (TPSA) is 71.8 Å². The van der Waals surface area contributed by atoms with Crippen molar-refractivity contribution in [3.05, 3.63) is 47.8 Å². The van der Waals surface area contributed by atoms with Crippen molar-refractivity contribution < 1.29 is 4.39 Å². The van der Waals surface area contributed by atoms with Crippen LogP contribution in [0.5, 0.6) is 0 Å². The Morgan fingerprint density at radius 2 is 2.03 bits per heavy atom. The van der Waals surface area contributed by atoms with Crippen LogP contribution in [-0.4, -0.2) is 49.5 Å². The molecule has 1 aliphatic heterocycles. The van der Waals surface area contributed by atoms with E-state index < -0.39 is 5.82 Å². The summed E-state index contributed by atoms with van der Waals surface area (Å²) in [6.07, 6.45) is 7.37. The Balaban J connectivity index is 1.40. The number of hydrogen-bond acceptors (Lipinski definition) is 7. The van der Waals surface area contributed by atoms with Crippen molar-refractivity contribution in [2.24, 2.45) is 0 Å². The number of thiophene rings is 1. The number of anilines is 2. The zero-order valence-corrected chi connectivity index (χ0v) is 20.2. The van der Waals surface area contributed by atoms with E-state index in [9.17, 15) is 4.39 Å². The van der Waals surface area contributed by atoms with E-state index in [4.69, 9.17) is 0 Å². The number of nitrogens with one attached hydrogen (secondary N) is 1. The van der Waals surface area contributed by atoms with Gasteiger partial charge in [-0.1, -0.05) is 6.07 Å². The number of piperidine rings is 1. The molecule has 0 radical (unpaired) electrons. The predicted molar refractivity (Wildman–Crippen MR) is 131 cm³/mol. The third kappa shape index (κ3) is 4.22. The molecule has 1 unspecified atom stereocenters. The fraction of sp³-hybridized carbons (Fsp3) is 0.417. The normalized spacial score (nSPS) is 17.2. The minimum absolute atomic E-state index is 0.274. The van der Waals surface area contributed by atoms with E-state index in [0.717, 1.165) is 33.9 Å². The number of imidazole rings is 1. The SMILES string of the molecule is Cc1c(-c2nc(Nc3ccc(C4CCCN(C)C4)cn3)ncc2F)sc2c1ncn2C(C)C. The molecule has 1 saturated heterocycles. The number of fused-ring (bicyclic) bond motifs is 1. The molecule has 0 bridgehead atoms. The number of pyridine rings is 1. The van der Waals surface area contributed by atoms with Gasteiger partial charge in [-0.25, -0.2) is 24.3 Å². The Kier molecular flexibility index (Phi) is 5.84. The number of halogens is 1. The van der Waals surface area contributed by atoms with E-state index in [1.165, 1.54) is 35.9 Å². The molecule has 4 aromatic rings. The van der Waals surface area contributed by atoms with Crippen LogP contribution in [0.2, 0.25) is 0 Å². The zero-order chi connectivity index (χ0) is 23.1. The largest absolute Gasteiger partial charge is 0.320 e.